The topological polar surface area (TPSA) is 71.1 Å². The number of carbonyl (C=O) groups is 2. The van der Waals surface area contributed by atoms with Gasteiger partial charge < -0.3 is 10.6 Å². The number of thiazole rings is 1. The number of halogens is 3. The third kappa shape index (κ3) is 7.91. The molecule has 5 nitrogen and oxygen atoms in total. The van der Waals surface area contributed by atoms with Crippen LogP contribution in [0.2, 0.25) is 15.1 Å². The zero-order valence-corrected chi connectivity index (χ0v) is 25.2. The molecule has 0 saturated carbocycles. The first-order chi connectivity index (χ1) is 19.8. The van der Waals surface area contributed by atoms with Gasteiger partial charge in [0, 0.05) is 26.5 Å². The molecule has 41 heavy (non-hydrogen) atoms. The van der Waals surface area contributed by atoms with Crippen molar-refractivity contribution in [3.8, 4) is 11.3 Å². The van der Waals surface area contributed by atoms with Crippen LogP contribution in [0.3, 0.4) is 0 Å². The predicted octanol–water partition coefficient (Wildman–Crippen LogP) is 9.42. The average Bonchev–Trinajstić information content (AvgIpc) is 3.44. The first kappa shape index (κ1) is 29.2. The highest BCUT2D eigenvalue weighted by atomic mass is 35.5. The van der Waals surface area contributed by atoms with Crippen molar-refractivity contribution in [3.63, 3.8) is 0 Å². The Morgan fingerprint density at radius 3 is 2.27 bits per heavy atom. The molecule has 206 valence electrons. The summed E-state index contributed by atoms with van der Waals surface area (Å²) in [7, 11) is 0. The number of nitrogens with one attached hydrogen (secondary N) is 2. The number of nitrogens with zero attached hydrogens (tertiary/aromatic N) is 1. The molecule has 1 atom stereocenters. The normalized spacial score (nSPS) is 11.6. The highest BCUT2D eigenvalue weighted by molar-refractivity contribution is 8.00. The fourth-order valence-corrected chi connectivity index (χ4v) is 6.11. The van der Waals surface area contributed by atoms with Crippen molar-refractivity contribution in [2.24, 2.45) is 0 Å². The largest absolute Gasteiger partial charge is 0.326 e. The van der Waals surface area contributed by atoms with E-state index >= 15 is 0 Å². The lowest BCUT2D eigenvalue weighted by Gasteiger charge is -2.16. The molecule has 5 rings (SSSR count). The summed E-state index contributed by atoms with van der Waals surface area (Å²) < 4.78 is 0. The van der Waals surface area contributed by atoms with E-state index in [-0.39, 0.29) is 18.2 Å². The highest BCUT2D eigenvalue weighted by Crippen LogP contribution is 2.37. The minimum absolute atomic E-state index is 0.127. The molecule has 2 amide bonds. The fourth-order valence-electron chi connectivity index (χ4n) is 3.94. The number of benzene rings is 4. The molecular formula is C31H22Cl3N3O2S2. The quantitative estimate of drug-likeness (QED) is 0.158. The number of hydrogen-bond acceptors (Lipinski definition) is 5. The Morgan fingerprint density at radius 1 is 0.829 bits per heavy atom. The van der Waals surface area contributed by atoms with E-state index in [0.717, 1.165) is 21.6 Å². The SMILES string of the molecule is O=C(Cc1ccc(Cl)cc1)Nc1ccc(SC(C(=O)Nc2nc(-c3ccc(Cl)c(Cl)c3)cs2)c2ccccc2)cc1. The summed E-state index contributed by atoms with van der Waals surface area (Å²) in [5.41, 5.74) is 3.91. The van der Waals surface area contributed by atoms with Crippen molar-refractivity contribution in [3.05, 3.63) is 129 Å². The van der Waals surface area contributed by atoms with Crippen LogP contribution in [0, 0.1) is 0 Å². The van der Waals surface area contributed by atoms with E-state index in [0.29, 0.717) is 31.6 Å². The number of hydrogen-bond donors (Lipinski definition) is 2. The number of aromatic nitrogens is 1. The van der Waals surface area contributed by atoms with Gasteiger partial charge in [-0.2, -0.15) is 0 Å². The van der Waals surface area contributed by atoms with Gasteiger partial charge in [-0.15, -0.1) is 23.1 Å². The van der Waals surface area contributed by atoms with Crippen molar-refractivity contribution >= 4 is 80.5 Å². The molecule has 1 aromatic heterocycles. The zero-order chi connectivity index (χ0) is 28.8. The molecule has 1 heterocycles. The number of thioether (sulfide) groups is 1. The van der Waals surface area contributed by atoms with Gasteiger partial charge in [-0.3, -0.25) is 9.59 Å². The third-order valence-electron chi connectivity index (χ3n) is 5.96. The third-order valence-corrected chi connectivity index (χ3v) is 8.98. The number of amides is 2. The summed E-state index contributed by atoms with van der Waals surface area (Å²) in [6.45, 7) is 0. The minimum Gasteiger partial charge on any atom is -0.326 e. The summed E-state index contributed by atoms with van der Waals surface area (Å²) in [4.78, 5) is 31.4. The van der Waals surface area contributed by atoms with Gasteiger partial charge in [0.25, 0.3) is 0 Å². The lowest BCUT2D eigenvalue weighted by molar-refractivity contribution is -0.116. The van der Waals surface area contributed by atoms with E-state index in [1.165, 1.54) is 23.1 Å². The highest BCUT2D eigenvalue weighted by Gasteiger charge is 2.23. The zero-order valence-electron chi connectivity index (χ0n) is 21.3. The molecule has 2 N–H and O–H groups in total. The molecule has 5 aromatic rings. The number of anilines is 2. The molecule has 1 unspecified atom stereocenters. The van der Waals surface area contributed by atoms with Crippen LogP contribution in [-0.4, -0.2) is 16.8 Å². The predicted molar refractivity (Wildman–Crippen MR) is 171 cm³/mol. The smallest absolute Gasteiger partial charge is 0.244 e. The van der Waals surface area contributed by atoms with Crippen LogP contribution in [0.1, 0.15) is 16.4 Å². The van der Waals surface area contributed by atoms with Gasteiger partial charge in [-0.25, -0.2) is 4.98 Å². The van der Waals surface area contributed by atoms with E-state index in [9.17, 15) is 9.59 Å². The monoisotopic (exact) mass is 637 g/mol. The van der Waals surface area contributed by atoms with E-state index in [4.69, 9.17) is 34.8 Å². The molecule has 0 aliphatic rings. The van der Waals surface area contributed by atoms with Gasteiger partial charge >= 0.3 is 0 Å². The Kier molecular flexibility index (Phi) is 9.64. The van der Waals surface area contributed by atoms with Crippen LogP contribution in [0.4, 0.5) is 10.8 Å². The Balaban J connectivity index is 1.26. The summed E-state index contributed by atoms with van der Waals surface area (Å²) in [5, 5.41) is 9.23. The standard InChI is InChI=1S/C31H22Cl3N3O2S2/c32-22-9-6-19(7-10-22)16-28(38)35-23-11-13-24(14-12-23)41-29(20-4-2-1-3-5-20)30(39)37-31-36-27(18-40-31)21-8-15-25(33)26(34)17-21/h1-15,17-18,29H,16H2,(H,35,38)(H,36,37,39). The van der Waals surface area contributed by atoms with Crippen molar-refractivity contribution in [1.29, 1.82) is 0 Å². The van der Waals surface area contributed by atoms with Gasteiger partial charge in [-0.05, 0) is 59.7 Å². The lowest BCUT2D eigenvalue weighted by Crippen LogP contribution is -2.19. The van der Waals surface area contributed by atoms with Crippen molar-refractivity contribution in [2.45, 2.75) is 16.6 Å². The first-order valence-corrected chi connectivity index (χ1v) is 15.3. The summed E-state index contributed by atoms with van der Waals surface area (Å²) in [5.74, 6) is -0.325. The van der Waals surface area contributed by atoms with Gasteiger partial charge in [0.2, 0.25) is 11.8 Å². The number of rotatable bonds is 9. The Labute approximate surface area is 260 Å². The van der Waals surface area contributed by atoms with Gasteiger partial charge in [-0.1, -0.05) is 83.3 Å². The van der Waals surface area contributed by atoms with Crippen molar-refractivity contribution in [2.75, 3.05) is 10.6 Å². The van der Waals surface area contributed by atoms with Crippen LogP contribution in [-0.2, 0) is 16.0 Å². The fraction of sp³-hybridized carbons (Fsp3) is 0.0645. The molecule has 0 bridgehead atoms. The van der Waals surface area contributed by atoms with Crippen LogP contribution in [0.25, 0.3) is 11.3 Å². The van der Waals surface area contributed by atoms with E-state index < -0.39 is 5.25 Å². The van der Waals surface area contributed by atoms with Gasteiger partial charge in [0.05, 0.1) is 22.2 Å². The second-order valence-corrected chi connectivity index (χ2v) is 12.2. The van der Waals surface area contributed by atoms with Crippen molar-refractivity contribution < 1.29 is 9.59 Å². The maximum absolute atomic E-state index is 13.5. The molecule has 0 fully saturated rings. The molecule has 4 aromatic carbocycles. The van der Waals surface area contributed by atoms with Crippen LogP contribution < -0.4 is 10.6 Å². The maximum atomic E-state index is 13.5. The average molecular weight is 639 g/mol. The van der Waals surface area contributed by atoms with Crippen molar-refractivity contribution in [1.82, 2.24) is 4.98 Å². The summed E-state index contributed by atoms with van der Waals surface area (Å²) in [6, 6.07) is 29.5. The van der Waals surface area contributed by atoms with Crippen LogP contribution in [0.5, 0.6) is 0 Å². The van der Waals surface area contributed by atoms with Crippen LogP contribution >= 0.6 is 57.9 Å². The minimum atomic E-state index is -0.529. The Morgan fingerprint density at radius 2 is 1.56 bits per heavy atom. The molecule has 0 aliphatic carbocycles. The second-order valence-electron chi connectivity index (χ2n) is 8.94. The molecule has 10 heteroatoms. The van der Waals surface area contributed by atoms with E-state index in [2.05, 4.69) is 15.6 Å². The van der Waals surface area contributed by atoms with E-state index in [1.807, 2.05) is 78.2 Å². The maximum Gasteiger partial charge on any atom is 0.244 e. The molecule has 0 spiro atoms. The van der Waals surface area contributed by atoms with E-state index in [1.54, 1.807) is 24.3 Å². The summed E-state index contributed by atoms with van der Waals surface area (Å²) in [6.07, 6.45) is 0.244. The second kappa shape index (κ2) is 13.6. The molecule has 0 saturated heterocycles. The Bertz CT molecular complexity index is 1660. The van der Waals surface area contributed by atoms with Crippen LogP contribution in [0.15, 0.2) is 107 Å². The molecule has 0 aliphatic heterocycles. The summed E-state index contributed by atoms with van der Waals surface area (Å²) >= 11 is 20.9. The van der Waals surface area contributed by atoms with Gasteiger partial charge in [0.15, 0.2) is 5.13 Å². The first-order valence-electron chi connectivity index (χ1n) is 12.4. The van der Waals surface area contributed by atoms with Gasteiger partial charge in [0.1, 0.15) is 5.25 Å². The number of carbonyl (C=O) groups excluding carboxylic acids is 2. The Hall–Kier alpha value is -3.33. The molecule has 0 radical (unpaired) electrons. The molecular weight excluding hydrogens is 617 g/mol. The lowest BCUT2D eigenvalue weighted by atomic mass is 10.1.